The van der Waals surface area contributed by atoms with Crippen LogP contribution in [-0.4, -0.2) is 43.1 Å². The van der Waals surface area contributed by atoms with Crippen LogP contribution in [0.5, 0.6) is 11.5 Å². The van der Waals surface area contributed by atoms with Crippen LogP contribution in [0.3, 0.4) is 0 Å². The lowest BCUT2D eigenvalue weighted by Crippen LogP contribution is -2.46. The van der Waals surface area contributed by atoms with Crippen LogP contribution in [0.2, 0.25) is 10.0 Å². The molecule has 3 rings (SSSR count). The van der Waals surface area contributed by atoms with Crippen LogP contribution >= 0.6 is 23.2 Å². The number of benzene rings is 2. The van der Waals surface area contributed by atoms with Crippen molar-refractivity contribution >= 4 is 40.8 Å². The second-order valence-corrected chi connectivity index (χ2v) is 8.55. The summed E-state index contributed by atoms with van der Waals surface area (Å²) in [5.41, 5.74) is 1.23. The number of nitrogens with one attached hydrogen (secondary N) is 2. The van der Waals surface area contributed by atoms with Crippen LogP contribution in [0, 0.1) is 5.92 Å². The van der Waals surface area contributed by atoms with Crippen LogP contribution < -0.4 is 20.1 Å². The fraction of sp³-hybridized carbons (Fsp3) is 0.391. The maximum atomic E-state index is 13.0. The smallest absolute Gasteiger partial charge is 0.318 e. The zero-order chi connectivity index (χ0) is 23.3. The lowest BCUT2D eigenvalue weighted by atomic mass is 9.95. The zero-order valence-electron chi connectivity index (χ0n) is 18.3. The van der Waals surface area contributed by atoms with E-state index in [9.17, 15) is 9.59 Å². The van der Waals surface area contributed by atoms with Crippen molar-refractivity contribution in [3.05, 3.63) is 52.0 Å². The van der Waals surface area contributed by atoms with Gasteiger partial charge in [-0.2, -0.15) is 0 Å². The van der Waals surface area contributed by atoms with Gasteiger partial charge in [-0.05, 0) is 42.7 Å². The number of likely N-dealkylation sites (N-methyl/N-ethyl adjacent to an activating group) is 1. The lowest BCUT2D eigenvalue weighted by molar-refractivity contribution is -0.116. The highest BCUT2D eigenvalue weighted by Crippen LogP contribution is 2.34. The van der Waals surface area contributed by atoms with E-state index in [4.69, 9.17) is 32.7 Å². The van der Waals surface area contributed by atoms with Gasteiger partial charge >= 0.3 is 6.03 Å². The molecule has 0 bridgehead atoms. The molecule has 32 heavy (non-hydrogen) atoms. The van der Waals surface area contributed by atoms with Gasteiger partial charge in [0.15, 0.2) is 11.5 Å². The number of carbonyl (C=O) groups excluding carboxylic acids is 2. The number of rotatable bonds is 7. The van der Waals surface area contributed by atoms with Gasteiger partial charge in [0.1, 0.15) is 19.8 Å². The first-order chi connectivity index (χ1) is 15.3. The maximum Gasteiger partial charge on any atom is 0.318 e. The normalized spacial score (nSPS) is 13.4. The van der Waals surface area contributed by atoms with Crippen molar-refractivity contribution < 1.29 is 19.1 Å². The Morgan fingerprint density at radius 3 is 2.34 bits per heavy atom. The van der Waals surface area contributed by atoms with Gasteiger partial charge < -0.3 is 25.0 Å². The number of hydrogen-bond donors (Lipinski definition) is 2. The minimum absolute atomic E-state index is 0.107. The average molecular weight is 480 g/mol. The minimum atomic E-state index is -0.391. The topological polar surface area (TPSA) is 79.9 Å². The third-order valence-corrected chi connectivity index (χ3v) is 5.73. The Balaban J connectivity index is 1.69. The van der Waals surface area contributed by atoms with Crippen molar-refractivity contribution in [1.82, 2.24) is 10.2 Å². The van der Waals surface area contributed by atoms with Crippen LogP contribution in [0.15, 0.2) is 36.4 Å². The maximum absolute atomic E-state index is 13.0. The Bertz CT molecular complexity index is 963. The molecule has 0 saturated carbocycles. The summed E-state index contributed by atoms with van der Waals surface area (Å²) in [4.78, 5) is 27.0. The summed E-state index contributed by atoms with van der Waals surface area (Å²) in [5.74, 6) is 1.07. The van der Waals surface area contributed by atoms with Gasteiger partial charge in [-0.1, -0.05) is 49.2 Å². The van der Waals surface area contributed by atoms with Gasteiger partial charge in [0.05, 0.1) is 21.8 Å². The molecule has 3 amide bonds. The summed E-state index contributed by atoms with van der Waals surface area (Å²) in [6.45, 7) is 7.06. The number of para-hydroxylation sites is 1. The van der Waals surface area contributed by atoms with Crippen molar-refractivity contribution in [3.63, 3.8) is 0 Å². The molecule has 1 atom stereocenters. The summed E-state index contributed by atoms with van der Waals surface area (Å²) >= 11 is 12.2. The van der Waals surface area contributed by atoms with Crippen LogP contribution in [-0.2, 0) is 4.79 Å². The summed E-state index contributed by atoms with van der Waals surface area (Å²) in [7, 11) is 0. The summed E-state index contributed by atoms with van der Waals surface area (Å²) in [5, 5.41) is 6.39. The molecule has 1 heterocycles. The molecule has 9 heteroatoms. The van der Waals surface area contributed by atoms with Gasteiger partial charge in [0.25, 0.3) is 0 Å². The predicted molar refractivity (Wildman–Crippen MR) is 126 cm³/mol. The van der Waals surface area contributed by atoms with E-state index in [0.717, 1.165) is 5.56 Å². The Hall–Kier alpha value is -2.64. The molecule has 1 aliphatic heterocycles. The number of hydrogen-bond acceptors (Lipinski definition) is 4. The van der Waals surface area contributed by atoms with E-state index in [0.29, 0.717) is 47.0 Å². The van der Waals surface area contributed by atoms with Crippen molar-refractivity contribution in [2.24, 2.45) is 5.92 Å². The Kier molecular flexibility index (Phi) is 8.10. The van der Waals surface area contributed by atoms with Crippen molar-refractivity contribution in [2.75, 3.05) is 31.6 Å². The van der Waals surface area contributed by atoms with E-state index in [2.05, 4.69) is 10.6 Å². The number of halogens is 2. The molecule has 1 unspecified atom stereocenters. The van der Waals surface area contributed by atoms with E-state index in [1.807, 2.05) is 39.0 Å². The van der Waals surface area contributed by atoms with Gasteiger partial charge in [-0.3, -0.25) is 4.79 Å². The molecule has 2 aromatic carbocycles. The number of urea groups is 1. The van der Waals surface area contributed by atoms with Crippen LogP contribution in [0.25, 0.3) is 0 Å². The first-order valence-electron chi connectivity index (χ1n) is 10.5. The Morgan fingerprint density at radius 2 is 1.72 bits per heavy atom. The van der Waals surface area contributed by atoms with Crippen LogP contribution in [0.4, 0.5) is 10.5 Å². The number of amides is 3. The zero-order valence-corrected chi connectivity index (χ0v) is 19.8. The first-order valence-corrected chi connectivity index (χ1v) is 11.2. The van der Waals surface area contributed by atoms with Gasteiger partial charge in [0, 0.05) is 6.54 Å². The highest BCUT2D eigenvalue weighted by atomic mass is 35.5. The summed E-state index contributed by atoms with van der Waals surface area (Å²) in [6.07, 6.45) is 0. The molecule has 7 nitrogen and oxygen atoms in total. The quantitative estimate of drug-likeness (QED) is 0.576. The number of ether oxygens (including phenoxy) is 2. The lowest BCUT2D eigenvalue weighted by Gasteiger charge is -2.28. The van der Waals surface area contributed by atoms with E-state index in [-0.39, 0.29) is 24.5 Å². The third-order valence-electron chi connectivity index (χ3n) is 5.10. The summed E-state index contributed by atoms with van der Waals surface area (Å²) in [6, 6.07) is 10.00. The predicted octanol–water partition coefficient (Wildman–Crippen LogP) is 5.13. The van der Waals surface area contributed by atoms with Crippen molar-refractivity contribution in [1.29, 1.82) is 0 Å². The minimum Gasteiger partial charge on any atom is -0.486 e. The fourth-order valence-corrected chi connectivity index (χ4v) is 3.90. The van der Waals surface area contributed by atoms with Crippen molar-refractivity contribution in [3.8, 4) is 11.5 Å². The van der Waals surface area contributed by atoms with Gasteiger partial charge in [-0.15, -0.1) is 0 Å². The number of anilines is 1. The van der Waals surface area contributed by atoms with E-state index in [1.165, 1.54) is 4.90 Å². The molecule has 0 saturated heterocycles. The molecule has 0 aromatic heterocycles. The number of fused-ring (bicyclic) bond motifs is 1. The van der Waals surface area contributed by atoms with Crippen LogP contribution in [0.1, 0.15) is 32.4 Å². The number of nitrogens with zero attached hydrogens (tertiary/aromatic N) is 1. The summed E-state index contributed by atoms with van der Waals surface area (Å²) < 4.78 is 11.3. The second-order valence-electron chi connectivity index (χ2n) is 7.73. The molecule has 2 aromatic rings. The molecule has 0 spiro atoms. The molecule has 1 aliphatic rings. The molecular formula is C23H27Cl2N3O4. The molecule has 172 valence electrons. The highest BCUT2D eigenvalue weighted by Gasteiger charge is 2.24. The van der Waals surface area contributed by atoms with E-state index >= 15 is 0 Å². The highest BCUT2D eigenvalue weighted by molar-refractivity contribution is 6.39. The first kappa shape index (κ1) is 24.0. The SMILES string of the molecule is CCN(CC(=O)Nc1c(Cl)cccc1Cl)C(=O)NC(c1ccc2c(c1)OCCO2)C(C)C. The standard InChI is InChI=1S/C23H27Cl2N3O4/c1-4-28(13-20(29)26-22-16(24)6-5-7-17(22)25)23(30)27-21(14(2)3)15-8-9-18-19(12-15)32-11-10-31-18/h5-9,12,14,21H,4,10-11,13H2,1-3H3,(H,26,29)(H,27,30). The molecule has 0 fully saturated rings. The molecular weight excluding hydrogens is 453 g/mol. The molecule has 2 N–H and O–H groups in total. The van der Waals surface area contributed by atoms with Gasteiger partial charge in [0.2, 0.25) is 5.91 Å². The largest absolute Gasteiger partial charge is 0.486 e. The van der Waals surface area contributed by atoms with Crippen molar-refractivity contribution in [2.45, 2.75) is 26.8 Å². The molecule has 0 aliphatic carbocycles. The number of carbonyl (C=O) groups is 2. The fourth-order valence-electron chi connectivity index (χ4n) is 3.41. The molecule has 0 radical (unpaired) electrons. The van der Waals surface area contributed by atoms with E-state index < -0.39 is 5.91 Å². The second kappa shape index (κ2) is 10.8. The third kappa shape index (κ3) is 5.78. The van der Waals surface area contributed by atoms with Gasteiger partial charge in [-0.25, -0.2) is 4.79 Å². The monoisotopic (exact) mass is 479 g/mol. The Labute approximate surface area is 198 Å². The average Bonchev–Trinajstić information content (AvgIpc) is 2.77. The van der Waals surface area contributed by atoms with E-state index in [1.54, 1.807) is 18.2 Å². The Morgan fingerprint density at radius 1 is 1.06 bits per heavy atom.